The molecule has 0 aromatic carbocycles. The molecule has 0 aromatic heterocycles. The molecular weight excluding hydrogens is 144 g/mol. The third-order valence-corrected chi connectivity index (χ3v) is 0.973. The van der Waals surface area contributed by atoms with Crippen LogP contribution in [-0.4, -0.2) is 0 Å². The van der Waals surface area contributed by atoms with Gasteiger partial charge in [-0.05, 0) is 26.7 Å². The highest BCUT2D eigenvalue weighted by atomic mass is 13.9. The van der Waals surface area contributed by atoms with E-state index in [2.05, 4.69) is 25.7 Å². The molecular formula is C12H26. The first-order chi connectivity index (χ1) is 5.77. The van der Waals surface area contributed by atoms with Crippen molar-refractivity contribution in [3.8, 4) is 0 Å². The van der Waals surface area contributed by atoms with Crippen molar-refractivity contribution in [2.24, 2.45) is 0 Å². The van der Waals surface area contributed by atoms with E-state index < -0.39 is 0 Å². The predicted molar refractivity (Wildman–Crippen MR) is 61.6 cm³/mol. The molecule has 0 bridgehead atoms. The third kappa shape index (κ3) is 34.0. The summed E-state index contributed by atoms with van der Waals surface area (Å²) in [5, 5.41) is 0. The van der Waals surface area contributed by atoms with Crippen LogP contribution in [0.25, 0.3) is 0 Å². The minimum Gasteiger partial charge on any atom is -0.100 e. The average Bonchev–Trinajstić information content (AvgIpc) is 2.12. The minimum absolute atomic E-state index is 1.13. The second kappa shape index (κ2) is 22.4. The van der Waals surface area contributed by atoms with Crippen molar-refractivity contribution in [3.63, 3.8) is 0 Å². The van der Waals surface area contributed by atoms with Gasteiger partial charge in [-0.3, -0.25) is 0 Å². The van der Waals surface area contributed by atoms with Gasteiger partial charge in [-0.15, -0.1) is 6.58 Å². The Kier molecular flexibility index (Phi) is 32.8. The molecule has 0 aliphatic heterocycles. The maximum atomic E-state index is 3.79. The number of allylic oxidation sites excluding steroid dienone is 3. The second-order valence-corrected chi connectivity index (χ2v) is 2.06. The molecule has 0 rings (SSSR count). The second-order valence-electron chi connectivity index (χ2n) is 2.06. The summed E-state index contributed by atoms with van der Waals surface area (Å²) in [4.78, 5) is 0. The first kappa shape index (κ1) is 17.5. The van der Waals surface area contributed by atoms with E-state index >= 15 is 0 Å². The van der Waals surface area contributed by atoms with Gasteiger partial charge in [0.2, 0.25) is 0 Å². The van der Waals surface area contributed by atoms with Gasteiger partial charge in [0.15, 0.2) is 0 Å². The summed E-state index contributed by atoms with van der Waals surface area (Å²) in [5.41, 5.74) is 1.27. The summed E-state index contributed by atoms with van der Waals surface area (Å²) in [5.74, 6) is 0. The average molecular weight is 170 g/mol. The molecule has 0 heterocycles. The zero-order chi connectivity index (χ0) is 10.4. The van der Waals surface area contributed by atoms with Crippen LogP contribution in [0, 0.1) is 0 Å². The van der Waals surface area contributed by atoms with E-state index in [0.29, 0.717) is 0 Å². The maximum Gasteiger partial charge on any atom is -0.0291 e. The number of hydrogen-bond donors (Lipinski definition) is 0. The predicted octanol–water partition coefficient (Wildman–Crippen LogP) is 4.97. The molecule has 0 unspecified atom stereocenters. The summed E-state index contributed by atoms with van der Waals surface area (Å²) >= 11 is 0. The third-order valence-electron chi connectivity index (χ3n) is 0.973. The zero-order valence-corrected chi connectivity index (χ0v) is 9.78. The highest BCUT2D eigenvalue weighted by molar-refractivity contribution is 4.91. The Hall–Kier alpha value is -0.520. The van der Waals surface area contributed by atoms with E-state index in [4.69, 9.17) is 0 Å². The molecule has 0 atom stereocenters. The molecule has 0 spiro atoms. The monoisotopic (exact) mass is 170 g/mol. The highest BCUT2D eigenvalue weighted by Gasteiger charge is 1.79. The van der Waals surface area contributed by atoms with Gasteiger partial charge in [-0.25, -0.2) is 0 Å². The van der Waals surface area contributed by atoms with Gasteiger partial charge in [0.25, 0.3) is 0 Å². The molecule has 0 radical (unpaired) electrons. The Bertz CT molecular complexity index is 88.2. The highest BCUT2D eigenvalue weighted by Crippen LogP contribution is 1.99. The van der Waals surface area contributed by atoms with Crippen LogP contribution < -0.4 is 0 Å². The molecule has 0 aliphatic rings. The molecule has 0 fully saturated rings. The SMILES string of the molecule is C=C(C)CC/C=C\C.CC.CC. The van der Waals surface area contributed by atoms with Crippen LogP contribution in [0.5, 0.6) is 0 Å². The van der Waals surface area contributed by atoms with Crippen LogP contribution in [0.2, 0.25) is 0 Å². The Morgan fingerprint density at radius 2 is 1.58 bits per heavy atom. The fourth-order valence-electron chi connectivity index (χ4n) is 0.496. The lowest BCUT2D eigenvalue weighted by Gasteiger charge is -1.90. The topological polar surface area (TPSA) is 0 Å². The van der Waals surface area contributed by atoms with E-state index in [1.165, 1.54) is 5.57 Å². The van der Waals surface area contributed by atoms with Crippen LogP contribution in [0.15, 0.2) is 24.3 Å². The van der Waals surface area contributed by atoms with Gasteiger partial charge in [0, 0.05) is 0 Å². The van der Waals surface area contributed by atoms with E-state index in [0.717, 1.165) is 12.8 Å². The summed E-state index contributed by atoms with van der Waals surface area (Å²) in [6, 6.07) is 0. The van der Waals surface area contributed by atoms with Gasteiger partial charge in [-0.1, -0.05) is 45.4 Å². The van der Waals surface area contributed by atoms with Crippen molar-refractivity contribution in [1.29, 1.82) is 0 Å². The van der Waals surface area contributed by atoms with Crippen LogP contribution >= 0.6 is 0 Å². The fraction of sp³-hybridized carbons (Fsp3) is 0.667. The van der Waals surface area contributed by atoms with Gasteiger partial charge < -0.3 is 0 Å². The zero-order valence-electron chi connectivity index (χ0n) is 9.78. The molecule has 0 heteroatoms. The number of rotatable bonds is 3. The van der Waals surface area contributed by atoms with Crippen LogP contribution in [0.4, 0.5) is 0 Å². The van der Waals surface area contributed by atoms with Crippen molar-refractivity contribution in [2.75, 3.05) is 0 Å². The van der Waals surface area contributed by atoms with Crippen molar-refractivity contribution in [1.82, 2.24) is 0 Å². The number of hydrogen-bond acceptors (Lipinski definition) is 0. The Morgan fingerprint density at radius 1 is 1.17 bits per heavy atom. The first-order valence-electron chi connectivity index (χ1n) is 5.03. The lowest BCUT2D eigenvalue weighted by molar-refractivity contribution is 0.982. The summed E-state index contributed by atoms with van der Waals surface area (Å²) in [6.07, 6.45) is 6.51. The standard InChI is InChI=1S/C8H14.2C2H6/c1-4-5-6-7-8(2)3;2*1-2/h4-5H,2,6-7H2,1,3H3;2*1-2H3/b5-4-;;. The van der Waals surface area contributed by atoms with Crippen LogP contribution in [0.1, 0.15) is 54.4 Å². The van der Waals surface area contributed by atoms with Gasteiger partial charge >= 0.3 is 0 Å². The Morgan fingerprint density at radius 3 is 1.83 bits per heavy atom. The normalized spacial score (nSPS) is 7.83. The maximum absolute atomic E-state index is 3.79. The molecule has 0 N–H and O–H groups in total. The molecule has 12 heavy (non-hydrogen) atoms. The molecule has 0 saturated carbocycles. The summed E-state index contributed by atoms with van der Waals surface area (Å²) in [6.45, 7) is 15.9. The van der Waals surface area contributed by atoms with Crippen LogP contribution in [0.3, 0.4) is 0 Å². The Balaban J connectivity index is -0.000000175. The molecule has 74 valence electrons. The molecule has 0 aromatic rings. The minimum atomic E-state index is 1.13. The van der Waals surface area contributed by atoms with E-state index in [1.54, 1.807) is 0 Å². The molecule has 0 amide bonds. The first-order valence-corrected chi connectivity index (χ1v) is 5.03. The van der Waals surface area contributed by atoms with Crippen molar-refractivity contribution < 1.29 is 0 Å². The van der Waals surface area contributed by atoms with Crippen molar-refractivity contribution in [3.05, 3.63) is 24.3 Å². The summed E-state index contributed by atoms with van der Waals surface area (Å²) < 4.78 is 0. The Labute approximate surface area is 79.4 Å². The molecule has 0 aliphatic carbocycles. The van der Waals surface area contributed by atoms with E-state index in [9.17, 15) is 0 Å². The van der Waals surface area contributed by atoms with E-state index in [1.807, 2.05) is 34.6 Å². The van der Waals surface area contributed by atoms with Crippen molar-refractivity contribution >= 4 is 0 Å². The lowest BCUT2D eigenvalue weighted by Crippen LogP contribution is -1.69. The lowest BCUT2D eigenvalue weighted by atomic mass is 10.2. The van der Waals surface area contributed by atoms with Crippen LogP contribution in [-0.2, 0) is 0 Å². The molecule has 0 nitrogen and oxygen atoms in total. The summed E-state index contributed by atoms with van der Waals surface area (Å²) in [7, 11) is 0. The van der Waals surface area contributed by atoms with E-state index in [-0.39, 0.29) is 0 Å². The largest absolute Gasteiger partial charge is 0.100 e. The molecule has 0 saturated heterocycles. The van der Waals surface area contributed by atoms with Gasteiger partial charge in [0.05, 0.1) is 0 Å². The smallest absolute Gasteiger partial charge is 0.0291 e. The quantitative estimate of drug-likeness (QED) is 0.524. The van der Waals surface area contributed by atoms with Gasteiger partial charge in [0.1, 0.15) is 0 Å². The van der Waals surface area contributed by atoms with Crippen molar-refractivity contribution in [2.45, 2.75) is 54.4 Å². The van der Waals surface area contributed by atoms with Gasteiger partial charge in [-0.2, -0.15) is 0 Å². The fourth-order valence-corrected chi connectivity index (χ4v) is 0.496.